The van der Waals surface area contributed by atoms with Crippen LogP contribution in [-0.2, 0) is 13.0 Å². The van der Waals surface area contributed by atoms with Gasteiger partial charge in [0.1, 0.15) is 0 Å². The highest BCUT2D eigenvalue weighted by atomic mass is 16.1. The molecule has 1 N–H and O–H groups in total. The molecule has 4 heteroatoms. The van der Waals surface area contributed by atoms with Crippen LogP contribution in [0, 0.1) is 0 Å². The molecule has 0 radical (unpaired) electrons. The molecule has 3 aromatic rings. The number of hydrogen-bond donors (Lipinski definition) is 1. The number of anilines is 1. The number of benzene rings is 2. The number of aromatic nitrogens is 1. The van der Waals surface area contributed by atoms with Gasteiger partial charge in [-0.1, -0.05) is 24.3 Å². The van der Waals surface area contributed by atoms with E-state index in [0.29, 0.717) is 12.1 Å². The minimum absolute atomic E-state index is 0.0713. The molecule has 27 heavy (non-hydrogen) atoms. The van der Waals surface area contributed by atoms with E-state index in [1.165, 1.54) is 16.8 Å². The molecule has 0 saturated carbocycles. The summed E-state index contributed by atoms with van der Waals surface area (Å²) < 4.78 is 0. The van der Waals surface area contributed by atoms with E-state index in [-0.39, 0.29) is 5.91 Å². The average Bonchev–Trinajstić information content (AvgIpc) is 3.15. The van der Waals surface area contributed by atoms with Gasteiger partial charge in [0.15, 0.2) is 0 Å². The highest BCUT2D eigenvalue weighted by molar-refractivity contribution is 5.94. The van der Waals surface area contributed by atoms with Gasteiger partial charge in [-0.3, -0.25) is 9.78 Å². The van der Waals surface area contributed by atoms with Crippen molar-refractivity contribution in [1.29, 1.82) is 0 Å². The predicted molar refractivity (Wildman–Crippen MR) is 109 cm³/mol. The maximum Gasteiger partial charge on any atom is 0.251 e. The summed E-state index contributed by atoms with van der Waals surface area (Å²) in [4.78, 5) is 18.8. The minimum atomic E-state index is -0.0713. The smallest absolute Gasteiger partial charge is 0.251 e. The van der Waals surface area contributed by atoms with E-state index in [9.17, 15) is 4.79 Å². The molecule has 1 aromatic heterocycles. The maximum absolute atomic E-state index is 12.4. The van der Waals surface area contributed by atoms with E-state index in [2.05, 4.69) is 40.3 Å². The molecule has 1 amide bonds. The van der Waals surface area contributed by atoms with Crippen molar-refractivity contribution >= 4 is 11.6 Å². The molecule has 0 atom stereocenters. The van der Waals surface area contributed by atoms with Crippen LogP contribution in [0.4, 0.5) is 5.69 Å². The summed E-state index contributed by atoms with van der Waals surface area (Å²) >= 11 is 0. The fourth-order valence-electron chi connectivity index (χ4n) is 3.58. The lowest BCUT2D eigenvalue weighted by Gasteiger charge is -2.16. The molecule has 2 heterocycles. The van der Waals surface area contributed by atoms with Crippen molar-refractivity contribution in [2.24, 2.45) is 0 Å². The van der Waals surface area contributed by atoms with Crippen molar-refractivity contribution in [3.8, 4) is 11.1 Å². The van der Waals surface area contributed by atoms with Gasteiger partial charge in [-0.2, -0.15) is 0 Å². The fourth-order valence-corrected chi connectivity index (χ4v) is 3.58. The van der Waals surface area contributed by atoms with Crippen LogP contribution in [0.1, 0.15) is 28.4 Å². The van der Waals surface area contributed by atoms with E-state index in [0.717, 1.165) is 30.6 Å². The number of nitrogens with one attached hydrogen (secondary N) is 1. The summed E-state index contributed by atoms with van der Waals surface area (Å²) in [5, 5.41) is 2.94. The van der Waals surface area contributed by atoms with Gasteiger partial charge in [-0.05, 0) is 65.9 Å². The first-order valence-electron chi connectivity index (χ1n) is 9.40. The van der Waals surface area contributed by atoms with Crippen molar-refractivity contribution in [3.63, 3.8) is 0 Å². The molecule has 0 fully saturated rings. The normalized spacial score (nSPS) is 12.7. The third kappa shape index (κ3) is 3.70. The second-order valence-corrected chi connectivity index (χ2v) is 6.79. The van der Waals surface area contributed by atoms with Crippen LogP contribution in [0.3, 0.4) is 0 Å². The van der Waals surface area contributed by atoms with Gasteiger partial charge in [-0.25, -0.2) is 0 Å². The van der Waals surface area contributed by atoms with E-state index < -0.39 is 0 Å². The molecule has 0 spiro atoms. The standard InChI is InChI=1S/C23H23N3O/c1-2-26-13-11-21-14-20(9-10-22(21)26)18-5-7-19(8-6-18)23(27)25-16-17-4-3-12-24-15-17/h3-10,12,14-15H,2,11,13,16H2,1H3,(H,25,27). The Hall–Kier alpha value is -3.14. The lowest BCUT2D eigenvalue weighted by Crippen LogP contribution is -2.22. The molecular formula is C23H23N3O. The highest BCUT2D eigenvalue weighted by Crippen LogP contribution is 2.32. The molecule has 4 rings (SSSR count). The molecule has 0 saturated heterocycles. The zero-order chi connectivity index (χ0) is 18.6. The van der Waals surface area contributed by atoms with Gasteiger partial charge in [0.25, 0.3) is 5.91 Å². The van der Waals surface area contributed by atoms with Gasteiger partial charge in [0.2, 0.25) is 0 Å². The number of rotatable bonds is 5. The SMILES string of the molecule is CCN1CCc2cc(-c3ccc(C(=O)NCc4cccnc4)cc3)ccc21. The fraction of sp³-hybridized carbons (Fsp3) is 0.217. The molecule has 1 aliphatic rings. The Morgan fingerprint density at radius 3 is 2.67 bits per heavy atom. The molecular weight excluding hydrogens is 334 g/mol. The van der Waals surface area contributed by atoms with Gasteiger partial charge in [0.05, 0.1) is 0 Å². The van der Waals surface area contributed by atoms with Gasteiger partial charge in [-0.15, -0.1) is 0 Å². The first-order valence-corrected chi connectivity index (χ1v) is 9.40. The summed E-state index contributed by atoms with van der Waals surface area (Å²) in [7, 11) is 0. The van der Waals surface area contributed by atoms with Crippen LogP contribution >= 0.6 is 0 Å². The number of hydrogen-bond acceptors (Lipinski definition) is 3. The zero-order valence-electron chi connectivity index (χ0n) is 15.5. The van der Waals surface area contributed by atoms with Gasteiger partial charge >= 0.3 is 0 Å². The van der Waals surface area contributed by atoms with Crippen LogP contribution in [0.25, 0.3) is 11.1 Å². The van der Waals surface area contributed by atoms with Crippen LogP contribution in [-0.4, -0.2) is 24.0 Å². The molecule has 0 unspecified atom stereocenters. The number of carbonyl (C=O) groups is 1. The monoisotopic (exact) mass is 357 g/mol. The van der Waals surface area contributed by atoms with Crippen molar-refractivity contribution in [2.45, 2.75) is 19.9 Å². The number of fused-ring (bicyclic) bond motifs is 1. The number of amides is 1. The lowest BCUT2D eigenvalue weighted by atomic mass is 10.0. The first kappa shape index (κ1) is 17.3. The maximum atomic E-state index is 12.4. The third-order valence-corrected chi connectivity index (χ3v) is 5.11. The van der Waals surface area contributed by atoms with Crippen molar-refractivity contribution < 1.29 is 4.79 Å². The van der Waals surface area contributed by atoms with E-state index in [1.807, 2.05) is 36.4 Å². The summed E-state index contributed by atoms with van der Waals surface area (Å²) in [5.41, 5.74) is 6.76. The minimum Gasteiger partial charge on any atom is -0.371 e. The Morgan fingerprint density at radius 1 is 1.11 bits per heavy atom. The van der Waals surface area contributed by atoms with Crippen LogP contribution in [0.15, 0.2) is 67.0 Å². The summed E-state index contributed by atoms with van der Waals surface area (Å²) in [6, 6.07) is 18.3. The highest BCUT2D eigenvalue weighted by Gasteiger charge is 2.17. The van der Waals surface area contributed by atoms with Gasteiger partial charge < -0.3 is 10.2 Å². The largest absolute Gasteiger partial charge is 0.371 e. The summed E-state index contributed by atoms with van der Waals surface area (Å²) in [5.74, 6) is -0.0713. The van der Waals surface area contributed by atoms with Crippen molar-refractivity contribution in [2.75, 3.05) is 18.0 Å². The molecule has 0 aliphatic carbocycles. The Kier molecular flexibility index (Phi) is 4.88. The number of nitrogens with zero attached hydrogens (tertiary/aromatic N) is 2. The average molecular weight is 357 g/mol. The quantitative estimate of drug-likeness (QED) is 0.749. The Morgan fingerprint density at radius 2 is 1.93 bits per heavy atom. The Labute approximate surface area is 159 Å². The molecule has 1 aliphatic heterocycles. The topological polar surface area (TPSA) is 45.2 Å². The second kappa shape index (κ2) is 7.62. The third-order valence-electron chi connectivity index (χ3n) is 5.11. The second-order valence-electron chi connectivity index (χ2n) is 6.79. The predicted octanol–water partition coefficient (Wildman–Crippen LogP) is 4.06. The van der Waals surface area contributed by atoms with Crippen LogP contribution in [0.2, 0.25) is 0 Å². The Bertz CT molecular complexity index is 936. The lowest BCUT2D eigenvalue weighted by molar-refractivity contribution is 0.0951. The van der Waals surface area contributed by atoms with Crippen molar-refractivity contribution in [3.05, 3.63) is 83.7 Å². The first-order chi connectivity index (χ1) is 13.2. The van der Waals surface area contributed by atoms with Crippen LogP contribution < -0.4 is 10.2 Å². The number of pyridine rings is 1. The number of likely N-dealkylation sites (N-methyl/N-ethyl adjacent to an activating group) is 1. The van der Waals surface area contributed by atoms with Crippen molar-refractivity contribution in [1.82, 2.24) is 10.3 Å². The molecule has 4 nitrogen and oxygen atoms in total. The number of carbonyl (C=O) groups excluding carboxylic acids is 1. The molecule has 136 valence electrons. The van der Waals surface area contributed by atoms with Crippen LogP contribution in [0.5, 0.6) is 0 Å². The van der Waals surface area contributed by atoms with Gasteiger partial charge in [0, 0.05) is 43.3 Å². The van der Waals surface area contributed by atoms with E-state index in [1.54, 1.807) is 12.4 Å². The van der Waals surface area contributed by atoms with E-state index >= 15 is 0 Å². The Balaban J connectivity index is 1.45. The van der Waals surface area contributed by atoms with E-state index in [4.69, 9.17) is 0 Å². The zero-order valence-corrected chi connectivity index (χ0v) is 15.5. The summed E-state index contributed by atoms with van der Waals surface area (Å²) in [6.07, 6.45) is 4.59. The molecule has 0 bridgehead atoms. The molecule has 2 aromatic carbocycles. The summed E-state index contributed by atoms with van der Waals surface area (Å²) in [6.45, 7) is 4.83.